The molecule has 104 valence electrons. The number of nitrogens with zero attached hydrogens (tertiary/aromatic N) is 1. The van der Waals surface area contributed by atoms with Crippen LogP contribution in [0.3, 0.4) is 0 Å². The van der Waals surface area contributed by atoms with E-state index in [2.05, 4.69) is 40.5 Å². The highest BCUT2D eigenvalue weighted by atomic mass is 16.3. The molecule has 1 aromatic rings. The number of anilines is 1. The van der Waals surface area contributed by atoms with Gasteiger partial charge in [0.05, 0.1) is 6.10 Å². The number of piperidine rings is 1. The zero-order valence-corrected chi connectivity index (χ0v) is 11.6. The largest absolute Gasteiger partial charge is 0.393 e. The Morgan fingerprint density at radius 2 is 1.89 bits per heavy atom. The summed E-state index contributed by atoms with van der Waals surface area (Å²) in [5, 5.41) is 13.7. The molecule has 0 radical (unpaired) electrons. The van der Waals surface area contributed by atoms with Crippen molar-refractivity contribution in [3.8, 4) is 0 Å². The molecule has 1 aliphatic carbocycles. The Morgan fingerprint density at radius 3 is 2.53 bits per heavy atom. The molecular weight excluding hydrogens is 236 g/mol. The smallest absolute Gasteiger partial charge is 0.0557 e. The van der Waals surface area contributed by atoms with Crippen molar-refractivity contribution in [2.24, 2.45) is 5.92 Å². The summed E-state index contributed by atoms with van der Waals surface area (Å²) in [5.41, 5.74) is 1.27. The minimum Gasteiger partial charge on any atom is -0.393 e. The lowest BCUT2D eigenvalue weighted by Gasteiger charge is -2.40. The first-order valence-electron chi connectivity index (χ1n) is 7.46. The van der Waals surface area contributed by atoms with Gasteiger partial charge in [-0.3, -0.25) is 0 Å². The molecule has 3 nitrogen and oxygen atoms in total. The van der Waals surface area contributed by atoms with Crippen LogP contribution < -0.4 is 10.2 Å². The molecule has 0 amide bonds. The van der Waals surface area contributed by atoms with Gasteiger partial charge in [0.1, 0.15) is 0 Å². The SMILES string of the molecule is CC(O)C1CC(NC2CC2)CN(c2ccccc2)C1. The third kappa shape index (κ3) is 3.28. The van der Waals surface area contributed by atoms with Gasteiger partial charge in [0.2, 0.25) is 0 Å². The lowest BCUT2D eigenvalue weighted by molar-refractivity contribution is 0.106. The molecule has 1 aromatic carbocycles. The van der Waals surface area contributed by atoms with Crippen LogP contribution in [0.15, 0.2) is 30.3 Å². The Balaban J connectivity index is 1.71. The summed E-state index contributed by atoms with van der Waals surface area (Å²) < 4.78 is 0. The fourth-order valence-corrected chi connectivity index (χ4v) is 3.04. The molecule has 0 spiro atoms. The van der Waals surface area contributed by atoms with Crippen molar-refractivity contribution in [2.75, 3.05) is 18.0 Å². The molecule has 19 heavy (non-hydrogen) atoms. The zero-order valence-electron chi connectivity index (χ0n) is 11.6. The first-order chi connectivity index (χ1) is 9.22. The summed E-state index contributed by atoms with van der Waals surface area (Å²) >= 11 is 0. The fourth-order valence-electron chi connectivity index (χ4n) is 3.04. The molecule has 2 fully saturated rings. The van der Waals surface area contributed by atoms with Crippen molar-refractivity contribution in [1.82, 2.24) is 5.32 Å². The van der Waals surface area contributed by atoms with E-state index in [9.17, 15) is 5.11 Å². The van der Waals surface area contributed by atoms with Crippen LogP contribution in [0.2, 0.25) is 0 Å². The van der Waals surface area contributed by atoms with E-state index in [0.29, 0.717) is 12.0 Å². The number of aliphatic hydroxyl groups is 1. The predicted molar refractivity (Wildman–Crippen MR) is 78.4 cm³/mol. The van der Waals surface area contributed by atoms with Gasteiger partial charge in [-0.15, -0.1) is 0 Å². The molecule has 0 aromatic heterocycles. The van der Waals surface area contributed by atoms with Gasteiger partial charge in [-0.1, -0.05) is 18.2 Å². The molecule has 1 heterocycles. The molecule has 3 atom stereocenters. The molecule has 2 aliphatic rings. The van der Waals surface area contributed by atoms with Gasteiger partial charge in [-0.05, 0) is 38.3 Å². The van der Waals surface area contributed by atoms with Crippen molar-refractivity contribution in [1.29, 1.82) is 0 Å². The van der Waals surface area contributed by atoms with E-state index in [1.165, 1.54) is 18.5 Å². The third-order valence-corrected chi connectivity index (χ3v) is 4.34. The summed E-state index contributed by atoms with van der Waals surface area (Å²) in [6.45, 7) is 3.95. The van der Waals surface area contributed by atoms with Crippen molar-refractivity contribution in [2.45, 2.75) is 44.4 Å². The fraction of sp³-hybridized carbons (Fsp3) is 0.625. The Morgan fingerprint density at radius 1 is 1.16 bits per heavy atom. The first kappa shape index (κ1) is 12.9. The van der Waals surface area contributed by atoms with Gasteiger partial charge in [-0.2, -0.15) is 0 Å². The molecule has 0 bridgehead atoms. The van der Waals surface area contributed by atoms with Crippen molar-refractivity contribution in [3.63, 3.8) is 0 Å². The Labute approximate surface area is 115 Å². The molecule has 3 rings (SSSR count). The van der Waals surface area contributed by atoms with Crippen LogP contribution in [0.5, 0.6) is 0 Å². The van der Waals surface area contributed by atoms with Crippen LogP contribution in [0.4, 0.5) is 5.69 Å². The van der Waals surface area contributed by atoms with Crippen LogP contribution in [0.25, 0.3) is 0 Å². The number of aliphatic hydroxyl groups excluding tert-OH is 1. The summed E-state index contributed by atoms with van der Waals surface area (Å²) in [4.78, 5) is 2.42. The highest BCUT2D eigenvalue weighted by Crippen LogP contribution is 2.28. The summed E-state index contributed by atoms with van der Waals surface area (Å²) in [6, 6.07) is 11.8. The Bertz CT molecular complexity index is 402. The average Bonchev–Trinajstić information content (AvgIpc) is 3.23. The van der Waals surface area contributed by atoms with E-state index in [1.54, 1.807) is 0 Å². The average molecular weight is 260 g/mol. The Kier molecular flexibility index (Phi) is 3.76. The van der Waals surface area contributed by atoms with Crippen molar-refractivity contribution in [3.05, 3.63) is 30.3 Å². The summed E-state index contributed by atoms with van der Waals surface area (Å²) in [6.07, 6.45) is 3.51. The Hall–Kier alpha value is -1.06. The van der Waals surface area contributed by atoms with E-state index < -0.39 is 0 Å². The number of benzene rings is 1. The second-order valence-electron chi connectivity index (χ2n) is 6.11. The minimum absolute atomic E-state index is 0.227. The molecule has 2 N–H and O–H groups in total. The number of para-hydroxylation sites is 1. The van der Waals surface area contributed by atoms with Crippen molar-refractivity contribution < 1.29 is 5.11 Å². The van der Waals surface area contributed by atoms with E-state index in [-0.39, 0.29) is 6.10 Å². The molecule has 1 saturated carbocycles. The summed E-state index contributed by atoms with van der Waals surface area (Å²) in [5.74, 6) is 0.366. The number of hydrogen-bond acceptors (Lipinski definition) is 3. The third-order valence-electron chi connectivity index (χ3n) is 4.34. The normalized spacial score (nSPS) is 29.3. The van der Waals surface area contributed by atoms with Crippen LogP contribution in [-0.2, 0) is 0 Å². The molecule has 3 heteroatoms. The maximum atomic E-state index is 9.95. The van der Waals surface area contributed by atoms with E-state index in [1.807, 2.05) is 6.92 Å². The molecular formula is C16H24N2O. The highest BCUT2D eigenvalue weighted by molar-refractivity contribution is 5.46. The quantitative estimate of drug-likeness (QED) is 0.869. The zero-order chi connectivity index (χ0) is 13.2. The maximum absolute atomic E-state index is 9.95. The first-order valence-corrected chi connectivity index (χ1v) is 7.46. The van der Waals surface area contributed by atoms with Gasteiger partial charge in [-0.25, -0.2) is 0 Å². The van der Waals surface area contributed by atoms with E-state index in [0.717, 1.165) is 25.6 Å². The highest BCUT2D eigenvalue weighted by Gasteiger charge is 2.33. The number of hydrogen-bond donors (Lipinski definition) is 2. The predicted octanol–water partition coefficient (Wildman–Crippen LogP) is 2.01. The van der Waals surface area contributed by atoms with Gasteiger partial charge in [0, 0.05) is 36.8 Å². The van der Waals surface area contributed by atoms with Crippen LogP contribution >= 0.6 is 0 Å². The van der Waals surface area contributed by atoms with E-state index >= 15 is 0 Å². The van der Waals surface area contributed by atoms with Crippen LogP contribution in [0.1, 0.15) is 26.2 Å². The standard InChI is InChI=1S/C16H24N2O/c1-12(19)13-9-15(17-14-7-8-14)11-18(10-13)16-5-3-2-4-6-16/h2-6,12-15,17,19H,7-11H2,1H3. The van der Waals surface area contributed by atoms with Gasteiger partial charge < -0.3 is 15.3 Å². The number of nitrogens with one attached hydrogen (secondary N) is 1. The minimum atomic E-state index is -0.227. The van der Waals surface area contributed by atoms with Crippen LogP contribution in [0, 0.1) is 5.92 Å². The molecule has 1 aliphatic heterocycles. The topological polar surface area (TPSA) is 35.5 Å². The summed E-state index contributed by atoms with van der Waals surface area (Å²) in [7, 11) is 0. The number of rotatable bonds is 4. The van der Waals surface area contributed by atoms with Crippen LogP contribution in [-0.4, -0.2) is 36.4 Å². The lowest BCUT2D eigenvalue weighted by atomic mass is 9.90. The second kappa shape index (κ2) is 5.51. The van der Waals surface area contributed by atoms with Crippen molar-refractivity contribution >= 4 is 5.69 Å². The second-order valence-corrected chi connectivity index (χ2v) is 6.11. The monoisotopic (exact) mass is 260 g/mol. The van der Waals surface area contributed by atoms with Gasteiger partial charge in [0.25, 0.3) is 0 Å². The van der Waals surface area contributed by atoms with E-state index in [4.69, 9.17) is 0 Å². The van der Waals surface area contributed by atoms with Gasteiger partial charge >= 0.3 is 0 Å². The molecule has 1 saturated heterocycles. The maximum Gasteiger partial charge on any atom is 0.0557 e. The molecule has 3 unspecified atom stereocenters. The van der Waals surface area contributed by atoms with Gasteiger partial charge in [0.15, 0.2) is 0 Å². The lowest BCUT2D eigenvalue weighted by Crippen LogP contribution is -2.52.